The summed E-state index contributed by atoms with van der Waals surface area (Å²) in [5.41, 5.74) is 5.83. The third-order valence-electron chi connectivity index (χ3n) is 3.58. The third-order valence-corrected chi connectivity index (χ3v) is 3.58. The number of aromatic nitrogens is 3. The minimum atomic E-state index is 0.487. The molecule has 0 aliphatic heterocycles. The van der Waals surface area contributed by atoms with Gasteiger partial charge in [-0.1, -0.05) is 19.8 Å². The Labute approximate surface area is 97.0 Å². The maximum absolute atomic E-state index is 5.83. The first kappa shape index (κ1) is 11.6. The molecule has 0 amide bonds. The highest BCUT2D eigenvalue weighted by Gasteiger charge is 2.28. The number of nitrogens with one attached hydrogen (secondary N) is 1. The quantitative estimate of drug-likeness (QED) is 0.818. The SMILES string of the molecule is CCCc1nc(C2CCCCC2CN)n[nH]1. The lowest BCUT2D eigenvalue weighted by molar-refractivity contribution is 0.304. The van der Waals surface area contributed by atoms with E-state index in [9.17, 15) is 0 Å². The Morgan fingerprint density at radius 2 is 2.19 bits per heavy atom. The van der Waals surface area contributed by atoms with Crippen LogP contribution in [0.15, 0.2) is 0 Å². The number of hydrogen-bond donors (Lipinski definition) is 2. The van der Waals surface area contributed by atoms with Crippen molar-refractivity contribution in [2.45, 2.75) is 51.4 Å². The summed E-state index contributed by atoms with van der Waals surface area (Å²) in [5.74, 6) is 3.09. The van der Waals surface area contributed by atoms with Crippen LogP contribution in [0.2, 0.25) is 0 Å². The summed E-state index contributed by atoms with van der Waals surface area (Å²) in [6, 6.07) is 0. The number of nitrogens with zero attached hydrogens (tertiary/aromatic N) is 2. The van der Waals surface area contributed by atoms with Gasteiger partial charge in [-0.15, -0.1) is 0 Å². The summed E-state index contributed by atoms with van der Waals surface area (Å²) in [6.45, 7) is 2.92. The molecule has 16 heavy (non-hydrogen) atoms. The Morgan fingerprint density at radius 1 is 1.38 bits per heavy atom. The van der Waals surface area contributed by atoms with E-state index >= 15 is 0 Å². The zero-order valence-electron chi connectivity index (χ0n) is 10.1. The van der Waals surface area contributed by atoms with E-state index in [1.54, 1.807) is 0 Å². The molecule has 1 aliphatic carbocycles. The Balaban J connectivity index is 2.08. The summed E-state index contributed by atoms with van der Waals surface area (Å²) in [7, 11) is 0. The topological polar surface area (TPSA) is 67.6 Å². The molecule has 2 unspecified atom stereocenters. The van der Waals surface area contributed by atoms with Crippen LogP contribution in [-0.2, 0) is 6.42 Å². The van der Waals surface area contributed by atoms with Crippen molar-refractivity contribution in [1.29, 1.82) is 0 Å². The molecule has 1 fully saturated rings. The van der Waals surface area contributed by atoms with Gasteiger partial charge in [0.05, 0.1) is 0 Å². The van der Waals surface area contributed by atoms with E-state index in [0.29, 0.717) is 11.8 Å². The van der Waals surface area contributed by atoms with E-state index < -0.39 is 0 Å². The van der Waals surface area contributed by atoms with Crippen molar-refractivity contribution in [2.75, 3.05) is 6.54 Å². The third kappa shape index (κ3) is 2.43. The van der Waals surface area contributed by atoms with Gasteiger partial charge in [0.25, 0.3) is 0 Å². The number of aryl methyl sites for hydroxylation is 1. The van der Waals surface area contributed by atoms with Gasteiger partial charge >= 0.3 is 0 Å². The fourth-order valence-corrected chi connectivity index (χ4v) is 2.65. The Kier molecular flexibility index (Phi) is 3.93. The molecule has 90 valence electrons. The first-order chi connectivity index (χ1) is 7.85. The monoisotopic (exact) mass is 222 g/mol. The molecule has 0 bridgehead atoms. The van der Waals surface area contributed by atoms with Gasteiger partial charge in [-0.2, -0.15) is 5.10 Å². The molecule has 0 saturated heterocycles. The molecule has 1 heterocycles. The van der Waals surface area contributed by atoms with Gasteiger partial charge in [-0.05, 0) is 31.7 Å². The van der Waals surface area contributed by atoms with Crippen molar-refractivity contribution in [3.05, 3.63) is 11.6 Å². The maximum Gasteiger partial charge on any atom is 0.154 e. The second-order valence-corrected chi connectivity index (χ2v) is 4.78. The molecule has 0 aromatic carbocycles. The molecule has 2 rings (SSSR count). The molecular formula is C12H22N4. The number of hydrogen-bond acceptors (Lipinski definition) is 3. The lowest BCUT2D eigenvalue weighted by Crippen LogP contribution is -2.26. The van der Waals surface area contributed by atoms with Crippen LogP contribution < -0.4 is 5.73 Å². The Morgan fingerprint density at radius 3 is 2.94 bits per heavy atom. The molecule has 4 heteroatoms. The number of H-pyrrole nitrogens is 1. The van der Waals surface area contributed by atoms with E-state index in [2.05, 4.69) is 22.1 Å². The standard InChI is InChI=1S/C12H22N4/c1-2-5-11-14-12(16-15-11)10-7-4-3-6-9(10)8-13/h9-10H,2-8,13H2,1H3,(H,14,15,16). The summed E-state index contributed by atoms with van der Waals surface area (Å²) in [5, 5.41) is 7.41. The molecule has 0 spiro atoms. The van der Waals surface area contributed by atoms with Crippen molar-refractivity contribution in [3.63, 3.8) is 0 Å². The molecule has 3 N–H and O–H groups in total. The normalized spacial score (nSPS) is 25.9. The minimum Gasteiger partial charge on any atom is -0.330 e. The fraction of sp³-hybridized carbons (Fsp3) is 0.833. The maximum atomic E-state index is 5.83. The van der Waals surface area contributed by atoms with E-state index in [0.717, 1.165) is 31.0 Å². The molecule has 1 aromatic rings. The van der Waals surface area contributed by atoms with Crippen LogP contribution in [0, 0.1) is 5.92 Å². The zero-order valence-corrected chi connectivity index (χ0v) is 10.1. The summed E-state index contributed by atoms with van der Waals surface area (Å²) in [4.78, 5) is 4.60. The van der Waals surface area contributed by atoms with E-state index in [-0.39, 0.29) is 0 Å². The molecule has 0 radical (unpaired) electrons. The van der Waals surface area contributed by atoms with Gasteiger partial charge in [0.15, 0.2) is 5.82 Å². The zero-order chi connectivity index (χ0) is 11.4. The second kappa shape index (κ2) is 5.43. The number of rotatable bonds is 4. The van der Waals surface area contributed by atoms with Gasteiger partial charge in [-0.25, -0.2) is 4.98 Å². The van der Waals surface area contributed by atoms with Gasteiger partial charge in [-0.3, -0.25) is 5.10 Å². The highest BCUT2D eigenvalue weighted by Crippen LogP contribution is 2.35. The van der Waals surface area contributed by atoms with Crippen LogP contribution in [0.3, 0.4) is 0 Å². The van der Waals surface area contributed by atoms with E-state index in [4.69, 9.17) is 5.73 Å². The van der Waals surface area contributed by atoms with E-state index in [1.807, 2.05) is 0 Å². The van der Waals surface area contributed by atoms with Crippen molar-refractivity contribution < 1.29 is 0 Å². The van der Waals surface area contributed by atoms with Gasteiger partial charge < -0.3 is 5.73 Å². The van der Waals surface area contributed by atoms with Crippen LogP contribution in [0.25, 0.3) is 0 Å². The van der Waals surface area contributed by atoms with Gasteiger partial charge in [0.1, 0.15) is 5.82 Å². The first-order valence-electron chi connectivity index (χ1n) is 6.46. The molecule has 1 saturated carbocycles. The predicted octanol–water partition coefficient (Wildman–Crippen LogP) is 1.99. The van der Waals surface area contributed by atoms with Crippen LogP contribution in [0.1, 0.15) is 56.6 Å². The lowest BCUT2D eigenvalue weighted by Gasteiger charge is -2.28. The number of aromatic amines is 1. The lowest BCUT2D eigenvalue weighted by atomic mass is 9.79. The van der Waals surface area contributed by atoms with Crippen molar-refractivity contribution in [2.24, 2.45) is 11.7 Å². The smallest absolute Gasteiger partial charge is 0.154 e. The predicted molar refractivity (Wildman–Crippen MR) is 64.1 cm³/mol. The summed E-state index contributed by atoms with van der Waals surface area (Å²) >= 11 is 0. The summed E-state index contributed by atoms with van der Waals surface area (Å²) < 4.78 is 0. The highest BCUT2D eigenvalue weighted by atomic mass is 15.2. The van der Waals surface area contributed by atoms with E-state index in [1.165, 1.54) is 25.7 Å². The van der Waals surface area contributed by atoms with Crippen LogP contribution in [-0.4, -0.2) is 21.7 Å². The van der Waals surface area contributed by atoms with Crippen LogP contribution in [0.4, 0.5) is 0 Å². The van der Waals surface area contributed by atoms with Crippen molar-refractivity contribution >= 4 is 0 Å². The average Bonchev–Trinajstić information content (AvgIpc) is 2.78. The fourth-order valence-electron chi connectivity index (χ4n) is 2.65. The molecule has 1 aromatic heterocycles. The Hall–Kier alpha value is -0.900. The van der Waals surface area contributed by atoms with Crippen molar-refractivity contribution in [3.8, 4) is 0 Å². The van der Waals surface area contributed by atoms with Crippen LogP contribution >= 0.6 is 0 Å². The molecular weight excluding hydrogens is 200 g/mol. The summed E-state index contributed by atoms with van der Waals surface area (Å²) in [6.07, 6.45) is 7.14. The van der Waals surface area contributed by atoms with Gasteiger partial charge in [0.2, 0.25) is 0 Å². The minimum absolute atomic E-state index is 0.487. The van der Waals surface area contributed by atoms with Crippen molar-refractivity contribution in [1.82, 2.24) is 15.2 Å². The molecule has 1 aliphatic rings. The first-order valence-corrected chi connectivity index (χ1v) is 6.46. The number of nitrogens with two attached hydrogens (primary N) is 1. The second-order valence-electron chi connectivity index (χ2n) is 4.78. The highest BCUT2D eigenvalue weighted by molar-refractivity contribution is 5.02. The average molecular weight is 222 g/mol. The largest absolute Gasteiger partial charge is 0.330 e. The molecule has 4 nitrogen and oxygen atoms in total. The van der Waals surface area contributed by atoms with Gasteiger partial charge in [0, 0.05) is 12.3 Å². The van der Waals surface area contributed by atoms with Crippen LogP contribution in [0.5, 0.6) is 0 Å². The molecule has 2 atom stereocenters. The Bertz CT molecular complexity index is 321.